The molecule has 0 saturated carbocycles. The number of benzene rings is 2. The maximum atomic E-state index is 13.3. The zero-order valence-corrected chi connectivity index (χ0v) is 15.8. The second kappa shape index (κ2) is 6.53. The Kier molecular flexibility index (Phi) is 4.47. The minimum atomic E-state index is -3.64. The molecule has 0 aromatic heterocycles. The third kappa shape index (κ3) is 2.81. The predicted molar refractivity (Wildman–Crippen MR) is 103 cm³/mol. The number of β-amino-alcohol motifs (C(OH)–C–C–N with tert-alkyl or cyclic N) is 1. The van der Waals surface area contributed by atoms with Crippen LogP contribution in [0.1, 0.15) is 12.0 Å². The molecule has 0 amide bonds. The van der Waals surface area contributed by atoms with Gasteiger partial charge in [-0.1, -0.05) is 41.9 Å². The van der Waals surface area contributed by atoms with Crippen molar-refractivity contribution in [3.63, 3.8) is 0 Å². The van der Waals surface area contributed by atoms with Gasteiger partial charge in [0.05, 0.1) is 18.3 Å². The number of sulfonamides is 1. The molecule has 2 aromatic carbocycles. The highest BCUT2D eigenvalue weighted by Crippen LogP contribution is 2.43. The predicted octanol–water partition coefficient (Wildman–Crippen LogP) is 2.50. The topological polar surface area (TPSA) is 60.9 Å². The Bertz CT molecular complexity index is 889. The molecule has 4 rings (SSSR count). The molecule has 0 unspecified atom stereocenters. The Morgan fingerprint density at radius 3 is 2.50 bits per heavy atom. The van der Waals surface area contributed by atoms with Crippen LogP contribution in [0, 0.1) is 0 Å². The fraction of sp³-hybridized carbons (Fsp3) is 0.368. The number of aliphatic hydroxyl groups is 1. The number of likely N-dealkylation sites (tertiary alicyclic amines) is 1. The molecule has 1 N–H and O–H groups in total. The van der Waals surface area contributed by atoms with E-state index in [2.05, 4.69) is 4.90 Å². The van der Waals surface area contributed by atoms with E-state index in [4.69, 9.17) is 11.6 Å². The largest absolute Gasteiger partial charge is 0.389 e. The first-order valence-corrected chi connectivity index (χ1v) is 10.5. The zero-order chi connectivity index (χ0) is 18.4. The number of nitrogens with zero attached hydrogens (tertiary/aromatic N) is 2. The summed E-state index contributed by atoms with van der Waals surface area (Å²) in [5.74, 6) is 0. The molecule has 0 bridgehead atoms. The van der Waals surface area contributed by atoms with Crippen LogP contribution >= 0.6 is 11.6 Å². The SMILES string of the molecule is O=S1(=O)N(c2ccccc2)C[C@H](O)[C@]12CCN(Cc1ccc(Cl)cc1)C2. The van der Waals surface area contributed by atoms with Gasteiger partial charge in [-0.05, 0) is 36.2 Å². The van der Waals surface area contributed by atoms with Gasteiger partial charge < -0.3 is 5.11 Å². The second-order valence-corrected chi connectivity index (χ2v) is 9.68. The lowest BCUT2D eigenvalue weighted by atomic mass is 10.0. The average molecular weight is 393 g/mol. The summed E-state index contributed by atoms with van der Waals surface area (Å²) in [6.45, 7) is 1.73. The van der Waals surface area contributed by atoms with Crippen molar-refractivity contribution >= 4 is 27.3 Å². The molecule has 2 aromatic rings. The molecule has 2 atom stereocenters. The first-order valence-electron chi connectivity index (χ1n) is 8.65. The van der Waals surface area contributed by atoms with Crippen LogP contribution in [0.3, 0.4) is 0 Å². The normalized spacial score (nSPS) is 28.1. The highest BCUT2D eigenvalue weighted by atomic mass is 35.5. The van der Waals surface area contributed by atoms with Crippen molar-refractivity contribution in [2.45, 2.75) is 23.8 Å². The van der Waals surface area contributed by atoms with E-state index in [-0.39, 0.29) is 6.54 Å². The summed E-state index contributed by atoms with van der Waals surface area (Å²) in [4.78, 5) is 2.10. The van der Waals surface area contributed by atoms with Gasteiger partial charge in [0.1, 0.15) is 4.75 Å². The summed E-state index contributed by atoms with van der Waals surface area (Å²) < 4.78 is 26.8. The van der Waals surface area contributed by atoms with Crippen LogP contribution in [0.25, 0.3) is 0 Å². The molecule has 2 saturated heterocycles. The molecule has 26 heavy (non-hydrogen) atoms. The molecule has 2 fully saturated rings. The lowest BCUT2D eigenvalue weighted by Gasteiger charge is -2.27. The monoisotopic (exact) mass is 392 g/mol. The third-order valence-corrected chi connectivity index (χ3v) is 8.28. The number of halogens is 1. The van der Waals surface area contributed by atoms with Crippen LogP contribution < -0.4 is 4.31 Å². The van der Waals surface area contributed by atoms with E-state index >= 15 is 0 Å². The molecule has 7 heteroatoms. The molecule has 2 aliphatic heterocycles. The van der Waals surface area contributed by atoms with E-state index in [0.717, 1.165) is 5.56 Å². The van der Waals surface area contributed by atoms with Crippen LogP contribution in [0.2, 0.25) is 5.02 Å². The van der Waals surface area contributed by atoms with Crippen molar-refractivity contribution < 1.29 is 13.5 Å². The molecular weight excluding hydrogens is 372 g/mol. The first-order chi connectivity index (χ1) is 12.4. The van der Waals surface area contributed by atoms with E-state index in [1.807, 2.05) is 42.5 Å². The Morgan fingerprint density at radius 2 is 1.81 bits per heavy atom. The lowest BCUT2D eigenvalue weighted by molar-refractivity contribution is 0.143. The van der Waals surface area contributed by atoms with Crippen LogP contribution in [-0.2, 0) is 16.6 Å². The molecule has 1 spiro atoms. The van der Waals surface area contributed by atoms with Crippen molar-refractivity contribution in [1.29, 1.82) is 0 Å². The standard InChI is InChI=1S/C19H21ClN2O3S/c20-16-8-6-15(7-9-16)12-21-11-10-19(14-21)18(23)13-22(26(19,24)25)17-4-2-1-3-5-17/h1-9,18,23H,10-14H2/t18-,19+/m0/s1. The second-order valence-electron chi connectivity index (χ2n) is 7.04. The quantitative estimate of drug-likeness (QED) is 0.871. The van der Waals surface area contributed by atoms with E-state index < -0.39 is 20.9 Å². The van der Waals surface area contributed by atoms with E-state index in [0.29, 0.717) is 36.8 Å². The Hall–Kier alpha value is -1.60. The van der Waals surface area contributed by atoms with Crippen LogP contribution in [0.5, 0.6) is 0 Å². The molecule has 5 nitrogen and oxygen atoms in total. The minimum absolute atomic E-state index is 0.112. The molecule has 2 aliphatic rings. The zero-order valence-electron chi connectivity index (χ0n) is 14.3. The van der Waals surface area contributed by atoms with E-state index in [9.17, 15) is 13.5 Å². The smallest absolute Gasteiger partial charge is 0.244 e. The van der Waals surface area contributed by atoms with Crippen molar-refractivity contribution in [2.24, 2.45) is 0 Å². The third-order valence-electron chi connectivity index (χ3n) is 5.46. The van der Waals surface area contributed by atoms with Crippen LogP contribution in [-0.4, -0.2) is 48.9 Å². The van der Waals surface area contributed by atoms with Gasteiger partial charge in [0.25, 0.3) is 0 Å². The van der Waals surface area contributed by atoms with Gasteiger partial charge in [0.2, 0.25) is 10.0 Å². The summed E-state index contributed by atoms with van der Waals surface area (Å²) in [7, 11) is -3.64. The van der Waals surface area contributed by atoms with Gasteiger partial charge >= 0.3 is 0 Å². The summed E-state index contributed by atoms with van der Waals surface area (Å²) in [6, 6.07) is 16.6. The Morgan fingerprint density at radius 1 is 1.12 bits per heavy atom. The number of aliphatic hydroxyl groups excluding tert-OH is 1. The summed E-state index contributed by atoms with van der Waals surface area (Å²) in [5.41, 5.74) is 1.69. The molecule has 0 radical (unpaired) electrons. The first kappa shape index (κ1) is 17.8. The summed E-state index contributed by atoms with van der Waals surface area (Å²) in [6.07, 6.45) is -0.462. The number of para-hydroxylation sites is 1. The van der Waals surface area contributed by atoms with Crippen molar-refractivity contribution in [1.82, 2.24) is 4.90 Å². The van der Waals surface area contributed by atoms with Gasteiger partial charge in [0.15, 0.2) is 0 Å². The number of rotatable bonds is 3. The van der Waals surface area contributed by atoms with E-state index in [1.54, 1.807) is 12.1 Å². The van der Waals surface area contributed by atoms with E-state index in [1.165, 1.54) is 4.31 Å². The van der Waals surface area contributed by atoms with Crippen LogP contribution in [0.15, 0.2) is 54.6 Å². The fourth-order valence-corrected chi connectivity index (χ4v) is 6.42. The van der Waals surface area contributed by atoms with Gasteiger partial charge in [0, 0.05) is 24.7 Å². The van der Waals surface area contributed by atoms with Crippen molar-refractivity contribution in [3.05, 3.63) is 65.2 Å². The highest BCUT2D eigenvalue weighted by molar-refractivity contribution is 7.94. The van der Waals surface area contributed by atoms with Gasteiger partial charge in [-0.2, -0.15) is 0 Å². The maximum Gasteiger partial charge on any atom is 0.244 e. The summed E-state index contributed by atoms with van der Waals surface area (Å²) in [5, 5.41) is 11.4. The van der Waals surface area contributed by atoms with Crippen molar-refractivity contribution in [2.75, 3.05) is 23.9 Å². The van der Waals surface area contributed by atoms with Gasteiger partial charge in [-0.25, -0.2) is 8.42 Å². The van der Waals surface area contributed by atoms with Crippen LogP contribution in [0.4, 0.5) is 5.69 Å². The van der Waals surface area contributed by atoms with Crippen molar-refractivity contribution in [3.8, 4) is 0 Å². The van der Waals surface area contributed by atoms with Gasteiger partial charge in [-0.3, -0.25) is 9.21 Å². The summed E-state index contributed by atoms with van der Waals surface area (Å²) >= 11 is 5.93. The number of anilines is 1. The Balaban J connectivity index is 1.57. The van der Waals surface area contributed by atoms with Gasteiger partial charge in [-0.15, -0.1) is 0 Å². The fourth-order valence-electron chi connectivity index (χ4n) is 4.00. The minimum Gasteiger partial charge on any atom is -0.389 e. The molecular formula is C19H21ClN2O3S. The molecule has 2 heterocycles. The maximum absolute atomic E-state index is 13.3. The number of hydrogen-bond acceptors (Lipinski definition) is 4. The molecule has 138 valence electrons. The Labute approximate surface area is 158 Å². The lowest BCUT2D eigenvalue weighted by Crippen LogP contribution is -2.47. The average Bonchev–Trinajstić information content (AvgIpc) is 3.14. The molecule has 0 aliphatic carbocycles. The number of hydrogen-bond donors (Lipinski definition) is 1. The highest BCUT2D eigenvalue weighted by Gasteiger charge is 2.61.